The fraction of sp³-hybridized carbons (Fsp3) is 0.500. The summed E-state index contributed by atoms with van der Waals surface area (Å²) in [5, 5.41) is 2.77. The second-order valence-electron chi connectivity index (χ2n) is 5.43. The van der Waals surface area contributed by atoms with Crippen LogP contribution < -0.4 is 17.1 Å². The number of hydrogen-bond acceptors (Lipinski definition) is 6. The van der Waals surface area contributed by atoms with E-state index < -0.39 is 0 Å². The summed E-state index contributed by atoms with van der Waals surface area (Å²) in [6, 6.07) is 3.29. The van der Waals surface area contributed by atoms with E-state index in [4.69, 9.17) is 11.6 Å². The number of carbonyl (C=O) groups is 1. The van der Waals surface area contributed by atoms with Crippen molar-refractivity contribution in [3.05, 3.63) is 39.8 Å². The van der Waals surface area contributed by atoms with Gasteiger partial charge in [0, 0.05) is 30.2 Å². The van der Waals surface area contributed by atoms with Gasteiger partial charge in [-0.2, -0.15) is 0 Å². The molecule has 0 radical (unpaired) electrons. The summed E-state index contributed by atoms with van der Waals surface area (Å²) in [5.74, 6) is 6.19. The Bertz CT molecular complexity index is 733. The van der Waals surface area contributed by atoms with Crippen LogP contribution in [-0.4, -0.2) is 33.6 Å². The lowest BCUT2D eigenvalue weighted by molar-refractivity contribution is 0.0755. The first-order chi connectivity index (χ1) is 12.6. The van der Waals surface area contributed by atoms with Crippen LogP contribution in [0.25, 0.3) is 0 Å². The normalized spacial score (nSPS) is 11.0. The molecule has 4 N–H and O–H groups in total. The summed E-state index contributed by atoms with van der Waals surface area (Å²) >= 11 is 1.52. The molecule has 0 saturated carbocycles. The molecule has 0 saturated heterocycles. The summed E-state index contributed by atoms with van der Waals surface area (Å²) < 4.78 is 1.29. The Kier molecular flexibility index (Phi) is 9.43. The summed E-state index contributed by atoms with van der Waals surface area (Å²) in [5.41, 5.74) is 6.92. The van der Waals surface area contributed by atoms with Crippen molar-refractivity contribution in [2.75, 3.05) is 24.7 Å². The highest BCUT2D eigenvalue weighted by atomic mass is 32.1. The molecule has 2 aromatic rings. The number of amides is 1. The minimum absolute atomic E-state index is 0.0447. The van der Waals surface area contributed by atoms with Crippen molar-refractivity contribution < 1.29 is 4.79 Å². The van der Waals surface area contributed by atoms with Crippen LogP contribution in [0.2, 0.25) is 0 Å². The maximum absolute atomic E-state index is 12.7. The van der Waals surface area contributed by atoms with E-state index in [1.165, 1.54) is 16.0 Å². The summed E-state index contributed by atoms with van der Waals surface area (Å²) in [6.07, 6.45) is 3.55. The number of nitrogens with two attached hydrogens (primary N) is 2. The highest BCUT2D eigenvalue weighted by molar-refractivity contribution is 7.09. The van der Waals surface area contributed by atoms with E-state index in [2.05, 4.69) is 23.8 Å². The Morgan fingerprint density at radius 2 is 1.92 bits per heavy atom. The molecule has 26 heavy (non-hydrogen) atoms. The SMILES string of the molecule is CC.CCCN(CCC)C(=O)c1cc(N)n(N)c(=NCc2nccs2)c1. The second kappa shape index (κ2) is 11.3. The molecular formula is C18H30N6OS. The standard InChI is InChI=1S/C16H24N6OS.C2H6/c1-3-6-21(7-4-2)16(23)12-9-13(17)22(18)14(10-12)20-11-15-19-5-8-24-15;1-2/h5,8-10H,3-4,6-7,11,17-18H2,1-2H3;1-2H3. The number of pyridine rings is 1. The predicted octanol–water partition coefficient (Wildman–Crippen LogP) is 2.63. The van der Waals surface area contributed by atoms with Crippen LogP contribution in [0.5, 0.6) is 0 Å². The molecule has 0 aliphatic carbocycles. The molecule has 0 spiro atoms. The average Bonchev–Trinajstić information content (AvgIpc) is 3.17. The van der Waals surface area contributed by atoms with Crippen LogP contribution >= 0.6 is 11.3 Å². The molecule has 8 heteroatoms. The molecule has 0 unspecified atom stereocenters. The first kappa shape index (κ1) is 21.7. The van der Waals surface area contributed by atoms with E-state index in [0.29, 0.717) is 23.4 Å². The molecular weight excluding hydrogens is 348 g/mol. The molecule has 0 fully saturated rings. The molecule has 0 aromatic carbocycles. The number of nitrogens with zero attached hydrogens (tertiary/aromatic N) is 4. The van der Waals surface area contributed by atoms with E-state index in [-0.39, 0.29) is 5.91 Å². The van der Waals surface area contributed by atoms with E-state index in [0.717, 1.165) is 30.9 Å². The van der Waals surface area contributed by atoms with E-state index in [9.17, 15) is 4.79 Å². The molecule has 0 bridgehead atoms. The number of rotatable bonds is 7. The third kappa shape index (κ3) is 5.87. The molecule has 0 aliphatic heterocycles. The molecule has 2 rings (SSSR count). The fourth-order valence-electron chi connectivity index (χ4n) is 2.37. The zero-order chi connectivity index (χ0) is 19.5. The van der Waals surface area contributed by atoms with Crippen LogP contribution in [0.4, 0.5) is 5.82 Å². The monoisotopic (exact) mass is 378 g/mol. The number of carbonyl (C=O) groups excluding carboxylic acids is 1. The van der Waals surface area contributed by atoms with Crippen molar-refractivity contribution in [3.8, 4) is 0 Å². The Hall–Kier alpha value is -2.35. The van der Waals surface area contributed by atoms with Gasteiger partial charge < -0.3 is 16.5 Å². The number of thiazole rings is 1. The number of anilines is 1. The zero-order valence-electron chi connectivity index (χ0n) is 16.1. The Morgan fingerprint density at radius 1 is 1.27 bits per heavy atom. The van der Waals surface area contributed by atoms with Crippen molar-refractivity contribution in [1.82, 2.24) is 14.6 Å². The molecule has 2 heterocycles. The van der Waals surface area contributed by atoms with Gasteiger partial charge in [0.1, 0.15) is 16.3 Å². The zero-order valence-corrected chi connectivity index (χ0v) is 16.9. The van der Waals surface area contributed by atoms with Gasteiger partial charge in [0.15, 0.2) is 0 Å². The molecule has 2 aromatic heterocycles. The van der Waals surface area contributed by atoms with Gasteiger partial charge in [0.05, 0.1) is 6.54 Å². The topological polar surface area (TPSA) is 103 Å². The lowest BCUT2D eigenvalue weighted by Gasteiger charge is -2.22. The smallest absolute Gasteiger partial charge is 0.254 e. The van der Waals surface area contributed by atoms with Gasteiger partial charge in [-0.25, -0.2) is 9.66 Å². The van der Waals surface area contributed by atoms with Crippen LogP contribution in [0.15, 0.2) is 28.7 Å². The lowest BCUT2D eigenvalue weighted by atomic mass is 10.2. The first-order valence-electron chi connectivity index (χ1n) is 9.02. The van der Waals surface area contributed by atoms with Gasteiger partial charge in [-0.05, 0) is 25.0 Å². The van der Waals surface area contributed by atoms with E-state index in [1.807, 2.05) is 24.1 Å². The van der Waals surface area contributed by atoms with Crippen molar-refractivity contribution in [3.63, 3.8) is 0 Å². The molecule has 7 nitrogen and oxygen atoms in total. The van der Waals surface area contributed by atoms with Crippen LogP contribution in [0, 0.1) is 0 Å². The van der Waals surface area contributed by atoms with Gasteiger partial charge >= 0.3 is 0 Å². The van der Waals surface area contributed by atoms with Crippen molar-refractivity contribution in [2.24, 2.45) is 4.99 Å². The minimum atomic E-state index is -0.0447. The maximum atomic E-state index is 12.7. The summed E-state index contributed by atoms with van der Waals surface area (Å²) in [4.78, 5) is 23.2. The predicted molar refractivity (Wildman–Crippen MR) is 108 cm³/mol. The van der Waals surface area contributed by atoms with Crippen molar-refractivity contribution in [2.45, 2.75) is 47.1 Å². The quantitative estimate of drug-likeness (QED) is 0.723. The Morgan fingerprint density at radius 3 is 2.46 bits per heavy atom. The average molecular weight is 379 g/mol. The van der Waals surface area contributed by atoms with E-state index in [1.54, 1.807) is 18.3 Å². The van der Waals surface area contributed by atoms with Gasteiger partial charge in [-0.1, -0.05) is 27.7 Å². The van der Waals surface area contributed by atoms with Crippen LogP contribution in [0.3, 0.4) is 0 Å². The molecule has 0 aliphatic rings. The second-order valence-corrected chi connectivity index (χ2v) is 6.41. The van der Waals surface area contributed by atoms with Crippen LogP contribution in [0.1, 0.15) is 55.9 Å². The van der Waals surface area contributed by atoms with E-state index >= 15 is 0 Å². The maximum Gasteiger partial charge on any atom is 0.254 e. The number of aromatic nitrogens is 2. The molecule has 144 valence electrons. The Balaban J connectivity index is 0.00000163. The number of hydrogen-bond donors (Lipinski definition) is 2. The first-order valence-corrected chi connectivity index (χ1v) is 9.90. The van der Waals surface area contributed by atoms with Crippen molar-refractivity contribution >= 4 is 23.1 Å². The van der Waals surface area contributed by atoms with Gasteiger partial charge in [-0.3, -0.25) is 9.79 Å². The van der Waals surface area contributed by atoms with Gasteiger partial charge in [-0.15, -0.1) is 11.3 Å². The highest BCUT2D eigenvalue weighted by Gasteiger charge is 2.16. The lowest BCUT2D eigenvalue weighted by Crippen LogP contribution is -2.36. The van der Waals surface area contributed by atoms with Crippen molar-refractivity contribution in [1.29, 1.82) is 0 Å². The van der Waals surface area contributed by atoms with Gasteiger partial charge in [0.25, 0.3) is 5.91 Å². The third-order valence-corrected chi connectivity index (χ3v) is 4.26. The fourth-order valence-corrected chi connectivity index (χ4v) is 2.91. The largest absolute Gasteiger partial charge is 0.384 e. The minimum Gasteiger partial charge on any atom is -0.384 e. The summed E-state index contributed by atoms with van der Waals surface area (Å²) in [6.45, 7) is 9.95. The highest BCUT2D eigenvalue weighted by Crippen LogP contribution is 2.09. The van der Waals surface area contributed by atoms with Crippen LogP contribution in [-0.2, 0) is 6.54 Å². The molecule has 0 atom stereocenters. The Labute approximate surface area is 159 Å². The van der Waals surface area contributed by atoms with Gasteiger partial charge in [0.2, 0.25) is 0 Å². The number of nitrogen functional groups attached to an aromatic ring is 2. The molecule has 1 amide bonds. The third-order valence-electron chi connectivity index (χ3n) is 3.49. The summed E-state index contributed by atoms with van der Waals surface area (Å²) in [7, 11) is 0.